The van der Waals surface area contributed by atoms with Crippen LogP contribution in [0.15, 0.2) is 36.5 Å². The van der Waals surface area contributed by atoms with Crippen LogP contribution in [0.1, 0.15) is 24.0 Å². The Bertz CT molecular complexity index is 566. The topological polar surface area (TPSA) is 24.9 Å². The SMILES string of the molecule is Clc1cc(Nc2cccc3c2CCCC3)ccn1. The third-order valence-electron chi connectivity index (χ3n) is 3.40. The van der Waals surface area contributed by atoms with Crippen molar-refractivity contribution in [3.8, 4) is 0 Å². The first kappa shape index (κ1) is 11.5. The lowest BCUT2D eigenvalue weighted by Gasteiger charge is -2.20. The predicted molar refractivity (Wildman–Crippen MR) is 75.6 cm³/mol. The maximum absolute atomic E-state index is 5.90. The molecule has 0 unspecified atom stereocenters. The summed E-state index contributed by atoms with van der Waals surface area (Å²) < 4.78 is 0. The third kappa shape index (κ3) is 2.34. The van der Waals surface area contributed by atoms with E-state index >= 15 is 0 Å². The number of hydrogen-bond donors (Lipinski definition) is 1. The number of aromatic nitrogens is 1. The molecule has 0 fully saturated rings. The van der Waals surface area contributed by atoms with Gasteiger partial charge in [-0.3, -0.25) is 0 Å². The maximum atomic E-state index is 5.90. The molecular weight excluding hydrogens is 244 g/mol. The van der Waals surface area contributed by atoms with Gasteiger partial charge in [0.1, 0.15) is 5.15 Å². The summed E-state index contributed by atoms with van der Waals surface area (Å²) in [6.07, 6.45) is 6.67. The van der Waals surface area contributed by atoms with Crippen LogP contribution < -0.4 is 5.32 Å². The summed E-state index contributed by atoms with van der Waals surface area (Å²) >= 11 is 5.90. The van der Waals surface area contributed by atoms with Gasteiger partial charge < -0.3 is 5.32 Å². The fraction of sp³-hybridized carbons (Fsp3) is 0.267. The predicted octanol–water partition coefficient (Wildman–Crippen LogP) is 4.36. The third-order valence-corrected chi connectivity index (χ3v) is 3.61. The molecule has 0 bridgehead atoms. The minimum Gasteiger partial charge on any atom is -0.355 e. The molecule has 0 saturated carbocycles. The number of anilines is 2. The lowest BCUT2D eigenvalue weighted by atomic mass is 9.90. The van der Waals surface area contributed by atoms with Crippen LogP contribution in [0.3, 0.4) is 0 Å². The fourth-order valence-corrected chi connectivity index (χ4v) is 2.71. The van der Waals surface area contributed by atoms with E-state index in [4.69, 9.17) is 11.6 Å². The van der Waals surface area contributed by atoms with Crippen molar-refractivity contribution in [2.45, 2.75) is 25.7 Å². The molecule has 1 aliphatic rings. The molecule has 18 heavy (non-hydrogen) atoms. The molecule has 92 valence electrons. The van der Waals surface area contributed by atoms with Crippen molar-refractivity contribution < 1.29 is 0 Å². The van der Waals surface area contributed by atoms with E-state index in [1.807, 2.05) is 12.1 Å². The molecule has 2 nitrogen and oxygen atoms in total. The van der Waals surface area contributed by atoms with E-state index in [-0.39, 0.29) is 0 Å². The van der Waals surface area contributed by atoms with Crippen molar-refractivity contribution in [3.05, 3.63) is 52.8 Å². The Morgan fingerprint density at radius 2 is 2.00 bits per heavy atom. The second-order valence-corrected chi connectivity index (χ2v) is 5.03. The first-order chi connectivity index (χ1) is 8.83. The van der Waals surface area contributed by atoms with Crippen LogP contribution >= 0.6 is 11.6 Å². The van der Waals surface area contributed by atoms with Crippen LogP contribution in [0.25, 0.3) is 0 Å². The minimum absolute atomic E-state index is 0.518. The first-order valence-corrected chi connectivity index (χ1v) is 6.70. The summed E-state index contributed by atoms with van der Waals surface area (Å²) in [5, 5.41) is 3.97. The van der Waals surface area contributed by atoms with Crippen molar-refractivity contribution in [3.63, 3.8) is 0 Å². The van der Waals surface area contributed by atoms with Gasteiger partial charge in [0.25, 0.3) is 0 Å². The summed E-state index contributed by atoms with van der Waals surface area (Å²) in [6, 6.07) is 10.3. The lowest BCUT2D eigenvalue weighted by molar-refractivity contribution is 0.687. The highest BCUT2D eigenvalue weighted by Crippen LogP contribution is 2.30. The van der Waals surface area contributed by atoms with Gasteiger partial charge in [0.2, 0.25) is 0 Å². The van der Waals surface area contributed by atoms with E-state index in [0.717, 1.165) is 12.1 Å². The van der Waals surface area contributed by atoms with E-state index in [1.54, 1.807) is 6.20 Å². The number of rotatable bonds is 2. The second kappa shape index (κ2) is 4.99. The average Bonchev–Trinajstić information content (AvgIpc) is 2.39. The molecule has 1 aliphatic carbocycles. The van der Waals surface area contributed by atoms with Crippen LogP contribution in [0.4, 0.5) is 11.4 Å². The van der Waals surface area contributed by atoms with Crippen LogP contribution in [-0.2, 0) is 12.8 Å². The van der Waals surface area contributed by atoms with Gasteiger partial charge >= 0.3 is 0 Å². The van der Waals surface area contributed by atoms with Crippen LogP contribution in [0.5, 0.6) is 0 Å². The molecule has 1 N–H and O–H groups in total. The zero-order chi connectivity index (χ0) is 12.4. The molecule has 3 rings (SSSR count). The molecule has 0 spiro atoms. The summed E-state index contributed by atoms with van der Waals surface area (Å²) in [6.45, 7) is 0. The fourth-order valence-electron chi connectivity index (χ4n) is 2.53. The molecule has 2 aromatic rings. The standard InChI is InChI=1S/C15H15ClN2/c16-15-10-12(8-9-17-15)18-14-7-3-5-11-4-1-2-6-13(11)14/h3,5,7-10H,1-2,4,6H2,(H,17,18). The Kier molecular flexibility index (Phi) is 3.20. The van der Waals surface area contributed by atoms with Gasteiger partial charge in [0.15, 0.2) is 0 Å². The van der Waals surface area contributed by atoms with E-state index in [1.165, 1.54) is 36.1 Å². The molecule has 0 atom stereocenters. The number of fused-ring (bicyclic) bond motifs is 1. The van der Waals surface area contributed by atoms with Crippen LogP contribution in [-0.4, -0.2) is 4.98 Å². The number of benzene rings is 1. The van der Waals surface area contributed by atoms with Crippen LogP contribution in [0, 0.1) is 0 Å². The van der Waals surface area contributed by atoms with Crippen molar-refractivity contribution in [1.29, 1.82) is 0 Å². The molecule has 1 aromatic carbocycles. The largest absolute Gasteiger partial charge is 0.355 e. The van der Waals surface area contributed by atoms with E-state index in [9.17, 15) is 0 Å². The monoisotopic (exact) mass is 258 g/mol. The first-order valence-electron chi connectivity index (χ1n) is 6.32. The highest BCUT2D eigenvalue weighted by atomic mass is 35.5. The van der Waals surface area contributed by atoms with Crippen LogP contribution in [0.2, 0.25) is 5.15 Å². The Hall–Kier alpha value is -1.54. The number of nitrogens with one attached hydrogen (secondary N) is 1. The van der Waals surface area contributed by atoms with Gasteiger partial charge in [0.05, 0.1) is 0 Å². The number of nitrogens with zero attached hydrogens (tertiary/aromatic N) is 1. The van der Waals surface area contributed by atoms with E-state index < -0.39 is 0 Å². The zero-order valence-corrected chi connectivity index (χ0v) is 10.9. The molecule has 0 radical (unpaired) electrons. The van der Waals surface area contributed by atoms with Gasteiger partial charge in [0, 0.05) is 17.6 Å². The number of halogens is 1. The number of pyridine rings is 1. The number of hydrogen-bond acceptors (Lipinski definition) is 2. The highest BCUT2D eigenvalue weighted by molar-refractivity contribution is 6.29. The van der Waals surface area contributed by atoms with Gasteiger partial charge in [-0.05, 0) is 55.0 Å². The maximum Gasteiger partial charge on any atom is 0.131 e. The molecule has 0 aliphatic heterocycles. The number of aryl methyl sites for hydroxylation is 1. The van der Waals surface area contributed by atoms with Gasteiger partial charge in [-0.1, -0.05) is 23.7 Å². The Balaban J connectivity index is 1.93. The Labute approximate surface area is 112 Å². The molecule has 0 amide bonds. The Morgan fingerprint density at radius 3 is 2.89 bits per heavy atom. The second-order valence-electron chi connectivity index (χ2n) is 4.64. The minimum atomic E-state index is 0.518. The van der Waals surface area contributed by atoms with Crippen molar-refractivity contribution in [2.75, 3.05) is 5.32 Å². The molecule has 1 aromatic heterocycles. The molecule has 0 saturated heterocycles. The summed E-state index contributed by atoms with van der Waals surface area (Å²) in [7, 11) is 0. The smallest absolute Gasteiger partial charge is 0.131 e. The van der Waals surface area contributed by atoms with Crippen molar-refractivity contribution in [2.24, 2.45) is 0 Å². The molecule has 1 heterocycles. The Morgan fingerprint density at radius 1 is 1.11 bits per heavy atom. The molecular formula is C15H15ClN2. The highest BCUT2D eigenvalue weighted by Gasteiger charge is 2.12. The van der Waals surface area contributed by atoms with E-state index in [0.29, 0.717) is 5.15 Å². The summed E-state index contributed by atoms with van der Waals surface area (Å²) in [5.74, 6) is 0. The van der Waals surface area contributed by atoms with Gasteiger partial charge in [-0.15, -0.1) is 0 Å². The van der Waals surface area contributed by atoms with Gasteiger partial charge in [-0.25, -0.2) is 4.98 Å². The van der Waals surface area contributed by atoms with Crippen molar-refractivity contribution in [1.82, 2.24) is 4.98 Å². The lowest BCUT2D eigenvalue weighted by Crippen LogP contribution is -2.06. The normalized spacial score (nSPS) is 14.1. The zero-order valence-electron chi connectivity index (χ0n) is 10.1. The summed E-state index contributed by atoms with van der Waals surface area (Å²) in [4.78, 5) is 3.99. The summed E-state index contributed by atoms with van der Waals surface area (Å²) in [5.41, 5.74) is 5.13. The molecule has 3 heteroatoms. The van der Waals surface area contributed by atoms with Gasteiger partial charge in [-0.2, -0.15) is 0 Å². The van der Waals surface area contributed by atoms with Crippen molar-refractivity contribution >= 4 is 23.0 Å². The van der Waals surface area contributed by atoms with E-state index in [2.05, 4.69) is 28.5 Å². The quantitative estimate of drug-likeness (QED) is 0.810. The average molecular weight is 259 g/mol.